The number of piperidine rings is 1. The second-order valence-corrected chi connectivity index (χ2v) is 7.45. The maximum atomic E-state index is 12.7. The number of aromatic nitrogens is 3. The molecule has 1 aliphatic heterocycles. The molecule has 1 saturated heterocycles. The zero-order chi connectivity index (χ0) is 18.9. The van der Waals surface area contributed by atoms with Gasteiger partial charge in [-0.05, 0) is 23.8 Å². The zero-order valence-electron chi connectivity index (χ0n) is 14.9. The van der Waals surface area contributed by atoms with E-state index in [1.165, 1.54) is 0 Å². The van der Waals surface area contributed by atoms with Gasteiger partial charge in [0.05, 0.1) is 5.39 Å². The Morgan fingerprint density at radius 3 is 2.70 bits per heavy atom. The van der Waals surface area contributed by atoms with E-state index in [2.05, 4.69) is 30.9 Å². The third-order valence-electron chi connectivity index (χ3n) is 5.20. The largest absolute Gasteiger partial charge is 0.355 e. The molecule has 1 aromatic carbocycles. The van der Waals surface area contributed by atoms with Gasteiger partial charge in [0.2, 0.25) is 0 Å². The molecule has 1 amide bonds. The van der Waals surface area contributed by atoms with Gasteiger partial charge in [0.1, 0.15) is 17.8 Å². The van der Waals surface area contributed by atoms with Crippen LogP contribution in [-0.4, -0.2) is 39.5 Å². The topological polar surface area (TPSA) is 102 Å². The molecule has 0 atom stereocenters. The minimum atomic E-state index is -0.618. The summed E-state index contributed by atoms with van der Waals surface area (Å²) in [7, 11) is 0. The first-order valence-electron chi connectivity index (χ1n) is 8.96. The number of hydrogen-bond donors (Lipinski definition) is 3. The highest BCUT2D eigenvalue weighted by atomic mass is 35.5. The van der Waals surface area contributed by atoms with Crippen LogP contribution >= 0.6 is 11.6 Å². The number of amides is 1. The summed E-state index contributed by atoms with van der Waals surface area (Å²) in [6.07, 6.45) is 4.78. The number of carbonyl (C=O) groups is 1. The molecule has 1 fully saturated rings. The average molecular weight is 386 g/mol. The molecular formula is C19H22ClN6O+. The molecule has 0 bridgehead atoms. The summed E-state index contributed by atoms with van der Waals surface area (Å²) in [6.45, 7) is 1.94. The second-order valence-electron chi connectivity index (χ2n) is 7.01. The van der Waals surface area contributed by atoms with Crippen molar-refractivity contribution in [1.29, 1.82) is 0 Å². The fourth-order valence-corrected chi connectivity index (χ4v) is 3.58. The lowest BCUT2D eigenvalue weighted by molar-refractivity contribution is -0.462. The lowest BCUT2D eigenvalue weighted by Gasteiger charge is -2.36. The number of nitrogens with zero attached hydrogens (tertiary/aromatic N) is 3. The van der Waals surface area contributed by atoms with E-state index in [0.717, 1.165) is 35.5 Å². The molecule has 140 valence electrons. The fourth-order valence-electron chi connectivity index (χ4n) is 3.46. The van der Waals surface area contributed by atoms with E-state index in [4.69, 9.17) is 11.6 Å². The van der Waals surface area contributed by atoms with Crippen LogP contribution in [0, 0.1) is 0 Å². The van der Waals surface area contributed by atoms with Crippen LogP contribution in [0.25, 0.3) is 11.0 Å². The van der Waals surface area contributed by atoms with Crippen LogP contribution in [0.5, 0.6) is 0 Å². The van der Waals surface area contributed by atoms with E-state index in [0.29, 0.717) is 24.4 Å². The predicted molar refractivity (Wildman–Crippen MR) is 104 cm³/mol. The maximum Gasteiger partial charge on any atom is 0.281 e. The number of fused-ring (bicyclic) bond motifs is 1. The van der Waals surface area contributed by atoms with Gasteiger partial charge >= 0.3 is 0 Å². The minimum absolute atomic E-state index is 0.00780. The number of carbonyl (C=O) groups excluding carboxylic acids is 1. The number of H-pyrrole nitrogens is 1. The molecule has 2 aromatic heterocycles. The van der Waals surface area contributed by atoms with Gasteiger partial charge in [0.15, 0.2) is 5.54 Å². The van der Waals surface area contributed by atoms with Gasteiger partial charge in [-0.25, -0.2) is 9.97 Å². The number of benzene rings is 1. The normalized spacial score (nSPS) is 16.4. The highest BCUT2D eigenvalue weighted by molar-refractivity contribution is 6.30. The van der Waals surface area contributed by atoms with Gasteiger partial charge in [-0.1, -0.05) is 23.7 Å². The van der Waals surface area contributed by atoms with Crippen molar-refractivity contribution in [3.05, 3.63) is 53.4 Å². The molecule has 0 aliphatic carbocycles. The number of halogens is 1. The van der Waals surface area contributed by atoms with E-state index in [9.17, 15) is 4.79 Å². The molecule has 1 aliphatic rings. The number of aromatic amines is 1. The number of hydrogen-bond acceptors (Lipinski definition) is 4. The van der Waals surface area contributed by atoms with Gasteiger partial charge in [0, 0.05) is 43.7 Å². The first kappa shape index (κ1) is 17.8. The molecule has 8 heteroatoms. The quantitative estimate of drug-likeness (QED) is 0.633. The summed E-state index contributed by atoms with van der Waals surface area (Å²) in [5.74, 6) is 0.899. The molecule has 27 heavy (non-hydrogen) atoms. The zero-order valence-corrected chi connectivity index (χ0v) is 15.7. The Bertz CT molecular complexity index is 946. The Hall–Kier alpha value is -2.64. The Kier molecular flexibility index (Phi) is 4.72. The van der Waals surface area contributed by atoms with Crippen molar-refractivity contribution in [3.8, 4) is 0 Å². The van der Waals surface area contributed by atoms with Crippen molar-refractivity contribution in [3.63, 3.8) is 0 Å². The van der Waals surface area contributed by atoms with Crippen LogP contribution in [0.1, 0.15) is 18.4 Å². The van der Waals surface area contributed by atoms with Crippen molar-refractivity contribution < 1.29 is 10.5 Å². The van der Waals surface area contributed by atoms with Crippen molar-refractivity contribution in [2.75, 3.05) is 18.0 Å². The van der Waals surface area contributed by atoms with Crippen LogP contribution in [0.4, 0.5) is 5.82 Å². The fraction of sp³-hybridized carbons (Fsp3) is 0.316. The van der Waals surface area contributed by atoms with Crippen LogP contribution in [0.15, 0.2) is 42.9 Å². The first-order chi connectivity index (χ1) is 13.0. The lowest BCUT2D eigenvalue weighted by Crippen LogP contribution is -2.81. The Morgan fingerprint density at radius 1 is 1.22 bits per heavy atom. The monoisotopic (exact) mass is 385 g/mol. The van der Waals surface area contributed by atoms with Crippen molar-refractivity contribution in [2.24, 2.45) is 0 Å². The molecule has 3 aromatic rings. The summed E-state index contributed by atoms with van der Waals surface area (Å²) in [5, 5.41) is 4.70. The van der Waals surface area contributed by atoms with Gasteiger partial charge < -0.3 is 20.9 Å². The van der Waals surface area contributed by atoms with E-state index in [1.807, 2.05) is 36.5 Å². The average Bonchev–Trinajstić information content (AvgIpc) is 3.17. The summed E-state index contributed by atoms with van der Waals surface area (Å²) >= 11 is 5.90. The highest BCUT2D eigenvalue weighted by Gasteiger charge is 2.41. The molecular weight excluding hydrogens is 364 g/mol. The molecule has 0 radical (unpaired) electrons. The summed E-state index contributed by atoms with van der Waals surface area (Å²) in [4.78, 5) is 26.7. The van der Waals surface area contributed by atoms with Crippen molar-refractivity contribution in [2.45, 2.75) is 24.9 Å². The minimum Gasteiger partial charge on any atom is -0.355 e. The SMILES string of the molecule is [NH3+]C1(C(=O)NCc2ccc(Cl)cc2)CCN(c2ncnc3[nH]ccc23)CC1. The molecule has 0 unspecified atom stereocenters. The predicted octanol–water partition coefficient (Wildman–Crippen LogP) is 1.51. The van der Waals surface area contributed by atoms with E-state index in [1.54, 1.807) is 6.33 Å². The summed E-state index contributed by atoms with van der Waals surface area (Å²) < 4.78 is 0. The van der Waals surface area contributed by atoms with Gasteiger partial charge in [-0.15, -0.1) is 0 Å². The van der Waals surface area contributed by atoms with Crippen molar-refractivity contribution >= 4 is 34.4 Å². The summed E-state index contributed by atoms with van der Waals surface area (Å²) in [6, 6.07) is 9.46. The molecule has 5 N–H and O–H groups in total. The molecule has 4 rings (SSSR count). The third kappa shape index (κ3) is 3.61. The highest BCUT2D eigenvalue weighted by Crippen LogP contribution is 2.27. The van der Waals surface area contributed by atoms with E-state index < -0.39 is 5.54 Å². The smallest absolute Gasteiger partial charge is 0.281 e. The van der Waals surface area contributed by atoms with E-state index >= 15 is 0 Å². The Balaban J connectivity index is 1.39. The van der Waals surface area contributed by atoms with Gasteiger partial charge in [-0.3, -0.25) is 4.79 Å². The number of rotatable bonds is 4. The van der Waals surface area contributed by atoms with Crippen LogP contribution in [0.2, 0.25) is 5.02 Å². The summed E-state index contributed by atoms with van der Waals surface area (Å²) in [5.41, 5.74) is 5.46. The number of quaternary nitrogens is 1. The Labute approximate surface area is 161 Å². The maximum absolute atomic E-state index is 12.7. The van der Waals surface area contributed by atoms with Crippen LogP contribution in [-0.2, 0) is 11.3 Å². The molecule has 3 heterocycles. The van der Waals surface area contributed by atoms with E-state index in [-0.39, 0.29) is 5.91 Å². The first-order valence-corrected chi connectivity index (χ1v) is 9.34. The van der Waals surface area contributed by atoms with Gasteiger partial charge in [-0.2, -0.15) is 0 Å². The van der Waals surface area contributed by atoms with Crippen LogP contribution in [0.3, 0.4) is 0 Å². The second kappa shape index (κ2) is 7.17. The molecule has 0 spiro atoms. The van der Waals surface area contributed by atoms with Gasteiger partial charge in [0.25, 0.3) is 5.91 Å². The lowest BCUT2D eigenvalue weighted by atomic mass is 9.87. The Morgan fingerprint density at radius 2 is 1.96 bits per heavy atom. The number of anilines is 1. The standard InChI is InChI=1S/C19H21ClN6O/c20-14-3-1-13(2-4-14)11-23-18(27)19(21)6-9-26(10-7-19)17-15-5-8-22-16(15)24-12-25-17/h1-5,8,12H,6-7,9-11,21H2,(H,23,27)(H,22,24,25)/p+1. The number of nitrogens with one attached hydrogen (secondary N) is 2. The molecule has 7 nitrogen and oxygen atoms in total. The third-order valence-corrected chi connectivity index (χ3v) is 5.45. The molecule has 0 saturated carbocycles. The van der Waals surface area contributed by atoms with Crippen molar-refractivity contribution in [1.82, 2.24) is 20.3 Å². The van der Waals surface area contributed by atoms with Crippen LogP contribution < -0.4 is 16.0 Å².